The van der Waals surface area contributed by atoms with Gasteiger partial charge in [0.05, 0.1) is 17.7 Å². The maximum Gasteiger partial charge on any atom is 0.303 e. The van der Waals surface area contributed by atoms with Gasteiger partial charge in [-0.1, -0.05) is 42.5 Å². The van der Waals surface area contributed by atoms with Crippen LogP contribution in [0.5, 0.6) is 0 Å². The molecular formula is C39H43NO18. The lowest BCUT2D eigenvalue weighted by Gasteiger charge is -2.50. The molecule has 19 nitrogen and oxygen atoms in total. The van der Waals surface area contributed by atoms with Gasteiger partial charge in [-0.05, 0) is 17.7 Å². The van der Waals surface area contributed by atoms with Crippen molar-refractivity contribution >= 4 is 47.6 Å². The summed E-state index contributed by atoms with van der Waals surface area (Å²) < 4.78 is 58.2. The third-order valence-electron chi connectivity index (χ3n) is 8.99. The van der Waals surface area contributed by atoms with Crippen molar-refractivity contribution in [2.24, 2.45) is 0 Å². The molecule has 0 unspecified atom stereocenters. The first-order valence-corrected chi connectivity index (χ1v) is 18.1. The maximum absolute atomic E-state index is 14.1. The van der Waals surface area contributed by atoms with Gasteiger partial charge in [0.15, 0.2) is 37.0 Å². The summed E-state index contributed by atoms with van der Waals surface area (Å²) in [6, 6.07) is 13.2. The molecule has 2 fully saturated rings. The number of fused-ring (bicyclic) bond motifs is 1. The summed E-state index contributed by atoms with van der Waals surface area (Å²) in [6.45, 7) is 5.05. The molecule has 3 aliphatic heterocycles. The molecule has 0 N–H and O–H groups in total. The minimum Gasteiger partial charge on any atom is -0.463 e. The van der Waals surface area contributed by atoms with Gasteiger partial charge in [0.2, 0.25) is 0 Å². The highest BCUT2D eigenvalue weighted by Crippen LogP contribution is 2.38. The Morgan fingerprint density at radius 1 is 0.534 bits per heavy atom. The number of carbonyl (C=O) groups is 8. The normalized spacial score (nSPS) is 27.8. The number of nitrogens with zero attached hydrogens (tertiary/aromatic N) is 1. The predicted molar refractivity (Wildman–Crippen MR) is 190 cm³/mol. The number of benzene rings is 2. The van der Waals surface area contributed by atoms with E-state index in [0.29, 0.717) is 5.56 Å². The van der Waals surface area contributed by atoms with Crippen LogP contribution < -0.4 is 0 Å². The molecule has 2 aromatic rings. The largest absolute Gasteiger partial charge is 0.463 e. The molecule has 58 heavy (non-hydrogen) atoms. The molecule has 0 aliphatic carbocycles. The van der Waals surface area contributed by atoms with Crippen LogP contribution in [0.4, 0.5) is 0 Å². The van der Waals surface area contributed by atoms with Crippen molar-refractivity contribution in [2.45, 2.75) is 109 Å². The highest BCUT2D eigenvalue weighted by atomic mass is 16.8. The average molecular weight is 814 g/mol. The van der Waals surface area contributed by atoms with E-state index in [9.17, 15) is 38.4 Å². The summed E-state index contributed by atoms with van der Waals surface area (Å²) in [5.74, 6) is -6.75. The van der Waals surface area contributed by atoms with E-state index < -0.39 is 122 Å². The molecular weight excluding hydrogens is 770 g/mol. The van der Waals surface area contributed by atoms with Crippen molar-refractivity contribution in [3.8, 4) is 0 Å². The molecule has 5 rings (SSSR count). The Bertz CT molecular complexity index is 1850. The van der Waals surface area contributed by atoms with Gasteiger partial charge in [-0.2, -0.15) is 0 Å². The van der Waals surface area contributed by atoms with Gasteiger partial charge in [-0.25, -0.2) is 0 Å². The minimum atomic E-state index is -1.86. The standard InChI is InChI=1S/C39H43NO18/c1-19(41)49-17-28-31(58-39-35(55-24(6)46)34(54-23(5)45)32(52-21(3)43)29(57-39)18-50-20(2)42)33(53-22(4)44)30(38(56-28)51-16-25-12-8-7-9-13-25)40-36(47)26-14-10-11-15-27(26)37(40)48/h7-15,28-35,38-39H,16-18H2,1-6H3/t28-,29-,30-,31-,32+,33-,34+,35-,38+,39-/m1/s1. The van der Waals surface area contributed by atoms with E-state index in [-0.39, 0.29) is 17.7 Å². The number of imide groups is 1. The minimum absolute atomic E-state index is 0.0370. The molecule has 2 saturated heterocycles. The first kappa shape index (κ1) is 43.4. The Hall–Kier alpha value is -5.76. The molecule has 0 saturated carbocycles. The number of amides is 2. The Balaban J connectivity index is 1.65. The zero-order valence-corrected chi connectivity index (χ0v) is 32.4. The van der Waals surface area contributed by atoms with Crippen LogP contribution >= 0.6 is 0 Å². The molecule has 0 aromatic heterocycles. The van der Waals surface area contributed by atoms with E-state index in [0.717, 1.165) is 46.4 Å². The molecule has 3 aliphatic rings. The molecule has 2 aromatic carbocycles. The zero-order valence-electron chi connectivity index (χ0n) is 32.4. The first-order chi connectivity index (χ1) is 27.5. The number of hydrogen-bond donors (Lipinski definition) is 0. The number of ether oxygens (including phenoxy) is 10. The Labute approximate surface area is 332 Å². The van der Waals surface area contributed by atoms with Gasteiger partial charge in [-0.3, -0.25) is 43.3 Å². The number of carbonyl (C=O) groups excluding carboxylic acids is 8. The average Bonchev–Trinajstić information content (AvgIpc) is 3.40. The highest BCUT2D eigenvalue weighted by molar-refractivity contribution is 6.21. The SMILES string of the molecule is CC(=O)OC[C@H]1O[C@H](O[C@H]2[C@H](OC(C)=O)[C@@H](N3C(=O)c4ccccc4C3=O)[C@@H](OCc3ccccc3)O[C@@H]2COC(C)=O)[C@H](OC(C)=O)[C@@H](OC(C)=O)[C@H]1OC(C)=O. The monoisotopic (exact) mass is 813 g/mol. The van der Waals surface area contributed by atoms with Crippen LogP contribution in [0, 0.1) is 0 Å². The fraction of sp³-hybridized carbons (Fsp3) is 0.487. The quantitative estimate of drug-likeness (QED) is 0.150. The lowest BCUT2D eigenvalue weighted by Crippen LogP contribution is -2.69. The second kappa shape index (κ2) is 19.1. The van der Waals surface area contributed by atoms with Crippen LogP contribution in [0.1, 0.15) is 67.8 Å². The molecule has 3 heterocycles. The number of esters is 6. The Morgan fingerprint density at radius 2 is 0.983 bits per heavy atom. The van der Waals surface area contributed by atoms with E-state index in [1.165, 1.54) is 12.1 Å². The van der Waals surface area contributed by atoms with Crippen molar-refractivity contribution in [3.05, 3.63) is 71.3 Å². The van der Waals surface area contributed by atoms with Crippen molar-refractivity contribution in [3.63, 3.8) is 0 Å². The van der Waals surface area contributed by atoms with Gasteiger partial charge >= 0.3 is 35.8 Å². The van der Waals surface area contributed by atoms with Crippen molar-refractivity contribution in [1.82, 2.24) is 4.90 Å². The summed E-state index contributed by atoms with van der Waals surface area (Å²) in [5, 5.41) is 0. The molecule has 0 radical (unpaired) electrons. The topological polar surface area (TPSA) is 232 Å². The van der Waals surface area contributed by atoms with Gasteiger partial charge in [-0.15, -0.1) is 0 Å². The van der Waals surface area contributed by atoms with E-state index in [4.69, 9.17) is 47.4 Å². The van der Waals surface area contributed by atoms with Crippen molar-refractivity contribution < 1.29 is 85.7 Å². The van der Waals surface area contributed by atoms with Gasteiger partial charge in [0, 0.05) is 41.5 Å². The third-order valence-corrected chi connectivity index (χ3v) is 8.99. The fourth-order valence-corrected chi connectivity index (χ4v) is 6.81. The van der Waals surface area contributed by atoms with Crippen LogP contribution in [0.2, 0.25) is 0 Å². The summed E-state index contributed by atoms with van der Waals surface area (Å²) >= 11 is 0. The number of rotatable bonds is 14. The smallest absolute Gasteiger partial charge is 0.303 e. The third kappa shape index (κ3) is 10.4. The summed E-state index contributed by atoms with van der Waals surface area (Å²) in [7, 11) is 0. The Morgan fingerprint density at radius 3 is 1.50 bits per heavy atom. The molecule has 2 amide bonds. The Kier molecular flexibility index (Phi) is 14.3. The molecule has 0 spiro atoms. The summed E-state index contributed by atoms with van der Waals surface area (Å²) in [6.07, 6.45) is -14.7. The molecule has 0 bridgehead atoms. The van der Waals surface area contributed by atoms with E-state index >= 15 is 0 Å². The number of hydrogen-bond acceptors (Lipinski definition) is 18. The van der Waals surface area contributed by atoms with Crippen LogP contribution in [0.15, 0.2) is 54.6 Å². The van der Waals surface area contributed by atoms with Crippen LogP contribution in [0.3, 0.4) is 0 Å². The van der Waals surface area contributed by atoms with Gasteiger partial charge < -0.3 is 47.4 Å². The summed E-state index contributed by atoms with van der Waals surface area (Å²) in [4.78, 5) is 103. The zero-order chi connectivity index (χ0) is 42.3. The molecule has 19 heteroatoms. The van der Waals surface area contributed by atoms with E-state index in [1.54, 1.807) is 42.5 Å². The predicted octanol–water partition coefficient (Wildman–Crippen LogP) is 1.56. The lowest BCUT2D eigenvalue weighted by molar-refractivity contribution is -0.354. The van der Waals surface area contributed by atoms with Crippen molar-refractivity contribution in [2.75, 3.05) is 13.2 Å². The lowest BCUT2D eigenvalue weighted by atomic mass is 9.93. The highest BCUT2D eigenvalue weighted by Gasteiger charge is 2.60. The van der Waals surface area contributed by atoms with E-state index in [1.807, 2.05) is 0 Å². The van der Waals surface area contributed by atoms with Crippen LogP contribution in [0.25, 0.3) is 0 Å². The molecule has 312 valence electrons. The van der Waals surface area contributed by atoms with E-state index in [2.05, 4.69) is 0 Å². The second-order valence-corrected chi connectivity index (χ2v) is 13.4. The summed E-state index contributed by atoms with van der Waals surface area (Å²) in [5.41, 5.74) is 0.730. The van der Waals surface area contributed by atoms with Crippen LogP contribution in [-0.2, 0) is 82.7 Å². The van der Waals surface area contributed by atoms with Gasteiger partial charge in [0.25, 0.3) is 11.8 Å². The van der Waals surface area contributed by atoms with Crippen LogP contribution in [-0.4, -0.2) is 127 Å². The fourth-order valence-electron chi connectivity index (χ4n) is 6.81. The second-order valence-electron chi connectivity index (χ2n) is 13.4. The first-order valence-electron chi connectivity index (χ1n) is 18.1. The molecule has 10 atom stereocenters. The maximum atomic E-state index is 14.1. The van der Waals surface area contributed by atoms with Crippen molar-refractivity contribution in [1.29, 1.82) is 0 Å². The van der Waals surface area contributed by atoms with Gasteiger partial charge in [0.1, 0.15) is 37.6 Å².